The van der Waals surface area contributed by atoms with E-state index in [9.17, 15) is 0 Å². The lowest BCUT2D eigenvalue weighted by molar-refractivity contribution is 0.227. The highest BCUT2D eigenvalue weighted by molar-refractivity contribution is 5.50. The maximum atomic E-state index is 6.01. The third-order valence-corrected chi connectivity index (χ3v) is 4.91. The van der Waals surface area contributed by atoms with Crippen LogP contribution in [0.15, 0.2) is 30.6 Å². The first-order chi connectivity index (χ1) is 13.6. The summed E-state index contributed by atoms with van der Waals surface area (Å²) in [5.74, 6) is 3.42. The summed E-state index contributed by atoms with van der Waals surface area (Å²) in [5, 5.41) is 6.68. The molecule has 1 aliphatic heterocycles. The van der Waals surface area contributed by atoms with Crippen LogP contribution < -0.4 is 25.0 Å². The Hall–Kier alpha value is -2.54. The summed E-state index contributed by atoms with van der Waals surface area (Å²) >= 11 is 0. The van der Waals surface area contributed by atoms with Crippen LogP contribution in [0.25, 0.3) is 0 Å². The predicted octanol–water partition coefficient (Wildman–Crippen LogP) is 3.07. The fraction of sp³-hybridized carbons (Fsp3) is 0.524. The molecule has 1 aliphatic rings. The zero-order valence-electron chi connectivity index (χ0n) is 17.2. The Morgan fingerprint density at radius 2 is 2.14 bits per heavy atom. The lowest BCUT2D eigenvalue weighted by atomic mass is 10.1. The van der Waals surface area contributed by atoms with Gasteiger partial charge in [0.2, 0.25) is 0 Å². The van der Waals surface area contributed by atoms with Crippen molar-refractivity contribution in [2.45, 2.75) is 45.4 Å². The highest BCUT2D eigenvalue weighted by Gasteiger charge is 2.25. The summed E-state index contributed by atoms with van der Waals surface area (Å²) in [6, 6.07) is 8.46. The van der Waals surface area contributed by atoms with E-state index in [2.05, 4.69) is 31.6 Å². The van der Waals surface area contributed by atoms with Crippen molar-refractivity contribution in [3.63, 3.8) is 0 Å². The van der Waals surface area contributed by atoms with E-state index in [1.54, 1.807) is 13.4 Å². The molecule has 3 rings (SSSR count). The quantitative estimate of drug-likeness (QED) is 0.687. The van der Waals surface area contributed by atoms with Crippen LogP contribution >= 0.6 is 0 Å². The minimum Gasteiger partial charge on any atom is -0.493 e. The number of ether oxygens (including phenoxy) is 2. The van der Waals surface area contributed by atoms with E-state index in [-0.39, 0.29) is 6.10 Å². The van der Waals surface area contributed by atoms with Crippen LogP contribution in [-0.2, 0) is 6.54 Å². The molecule has 0 spiro atoms. The topological polar surface area (TPSA) is 71.5 Å². The van der Waals surface area contributed by atoms with Gasteiger partial charge in [0.25, 0.3) is 0 Å². The fourth-order valence-corrected chi connectivity index (χ4v) is 3.59. The van der Waals surface area contributed by atoms with Crippen molar-refractivity contribution in [1.82, 2.24) is 15.3 Å². The van der Waals surface area contributed by atoms with Crippen LogP contribution in [0.4, 0.5) is 11.6 Å². The predicted molar refractivity (Wildman–Crippen MR) is 112 cm³/mol. The molecule has 7 nitrogen and oxygen atoms in total. The number of benzene rings is 1. The van der Waals surface area contributed by atoms with Crippen molar-refractivity contribution >= 4 is 11.6 Å². The van der Waals surface area contributed by atoms with E-state index < -0.39 is 0 Å². The van der Waals surface area contributed by atoms with Gasteiger partial charge in [0.05, 0.1) is 13.2 Å². The SMILES string of the molecule is CNc1cc(N2CCCC2CNCc2cccc(OC)c2OC(C)C)ncn1. The Bertz CT molecular complexity index is 768. The second-order valence-electron chi connectivity index (χ2n) is 7.25. The van der Waals surface area contributed by atoms with E-state index in [1.807, 2.05) is 39.1 Å². The largest absolute Gasteiger partial charge is 0.493 e. The van der Waals surface area contributed by atoms with Crippen LogP contribution in [0.5, 0.6) is 11.5 Å². The van der Waals surface area contributed by atoms with Gasteiger partial charge in [-0.05, 0) is 32.8 Å². The average molecular weight is 386 g/mol. The van der Waals surface area contributed by atoms with Gasteiger partial charge in [0, 0.05) is 44.4 Å². The Kier molecular flexibility index (Phi) is 6.92. The van der Waals surface area contributed by atoms with Gasteiger partial charge in [-0.25, -0.2) is 9.97 Å². The van der Waals surface area contributed by atoms with Crippen molar-refractivity contribution in [3.8, 4) is 11.5 Å². The molecule has 7 heteroatoms. The fourth-order valence-electron chi connectivity index (χ4n) is 3.59. The summed E-state index contributed by atoms with van der Waals surface area (Å²) < 4.78 is 11.5. The molecule has 1 saturated heterocycles. The number of methoxy groups -OCH3 is 1. The van der Waals surface area contributed by atoms with E-state index in [1.165, 1.54) is 6.42 Å². The summed E-state index contributed by atoms with van der Waals surface area (Å²) in [6.07, 6.45) is 4.04. The maximum absolute atomic E-state index is 6.01. The number of rotatable bonds is 9. The lowest BCUT2D eigenvalue weighted by Gasteiger charge is -2.26. The van der Waals surface area contributed by atoms with Crippen molar-refractivity contribution in [3.05, 3.63) is 36.2 Å². The van der Waals surface area contributed by atoms with Crippen molar-refractivity contribution in [2.24, 2.45) is 0 Å². The molecule has 1 aromatic carbocycles. The minimum absolute atomic E-state index is 0.0968. The monoisotopic (exact) mass is 385 g/mol. The number of hydrogen-bond acceptors (Lipinski definition) is 7. The number of nitrogens with one attached hydrogen (secondary N) is 2. The summed E-state index contributed by atoms with van der Waals surface area (Å²) in [7, 11) is 3.55. The lowest BCUT2D eigenvalue weighted by Crippen LogP contribution is -2.38. The third-order valence-electron chi connectivity index (χ3n) is 4.91. The Morgan fingerprint density at radius 3 is 2.89 bits per heavy atom. The highest BCUT2D eigenvalue weighted by atomic mass is 16.5. The summed E-state index contributed by atoms with van der Waals surface area (Å²) in [6.45, 7) is 6.70. The zero-order chi connectivity index (χ0) is 19.9. The number of nitrogens with zero attached hydrogens (tertiary/aromatic N) is 3. The molecule has 2 aromatic rings. The number of hydrogen-bond donors (Lipinski definition) is 2. The number of anilines is 2. The summed E-state index contributed by atoms with van der Waals surface area (Å²) in [5.41, 5.74) is 1.11. The van der Waals surface area contributed by atoms with Crippen molar-refractivity contribution in [1.29, 1.82) is 0 Å². The Balaban J connectivity index is 1.64. The average Bonchev–Trinajstić information content (AvgIpc) is 3.17. The Labute approximate surface area is 167 Å². The molecule has 0 aliphatic carbocycles. The molecule has 2 heterocycles. The summed E-state index contributed by atoms with van der Waals surface area (Å²) in [4.78, 5) is 11.0. The van der Waals surface area contributed by atoms with Gasteiger partial charge < -0.3 is 25.0 Å². The van der Waals surface area contributed by atoms with Crippen LogP contribution in [-0.4, -0.2) is 49.4 Å². The number of aromatic nitrogens is 2. The van der Waals surface area contributed by atoms with Crippen molar-refractivity contribution in [2.75, 3.05) is 37.5 Å². The Morgan fingerprint density at radius 1 is 1.29 bits per heavy atom. The molecule has 0 saturated carbocycles. The molecule has 1 aromatic heterocycles. The first-order valence-corrected chi connectivity index (χ1v) is 9.92. The normalized spacial score (nSPS) is 16.5. The molecule has 0 radical (unpaired) electrons. The number of para-hydroxylation sites is 1. The van der Waals surface area contributed by atoms with Crippen LogP contribution in [0, 0.1) is 0 Å². The molecule has 152 valence electrons. The van der Waals surface area contributed by atoms with Gasteiger partial charge in [0.15, 0.2) is 11.5 Å². The molecule has 28 heavy (non-hydrogen) atoms. The van der Waals surface area contributed by atoms with Crippen LogP contribution in [0.2, 0.25) is 0 Å². The third kappa shape index (κ3) is 4.84. The first-order valence-electron chi connectivity index (χ1n) is 9.92. The molecule has 1 atom stereocenters. The van der Waals surface area contributed by atoms with Crippen LogP contribution in [0.3, 0.4) is 0 Å². The second-order valence-corrected chi connectivity index (χ2v) is 7.25. The molecular weight excluding hydrogens is 354 g/mol. The van der Waals surface area contributed by atoms with Gasteiger partial charge in [-0.3, -0.25) is 0 Å². The van der Waals surface area contributed by atoms with Crippen LogP contribution in [0.1, 0.15) is 32.3 Å². The molecule has 0 amide bonds. The maximum Gasteiger partial charge on any atom is 0.166 e. The van der Waals surface area contributed by atoms with Gasteiger partial charge in [0.1, 0.15) is 18.0 Å². The van der Waals surface area contributed by atoms with Gasteiger partial charge >= 0.3 is 0 Å². The highest BCUT2D eigenvalue weighted by Crippen LogP contribution is 2.32. The van der Waals surface area contributed by atoms with Crippen molar-refractivity contribution < 1.29 is 9.47 Å². The van der Waals surface area contributed by atoms with E-state index in [0.717, 1.165) is 54.8 Å². The molecule has 2 N–H and O–H groups in total. The zero-order valence-corrected chi connectivity index (χ0v) is 17.2. The van der Waals surface area contributed by atoms with Gasteiger partial charge in [-0.1, -0.05) is 12.1 Å². The smallest absolute Gasteiger partial charge is 0.166 e. The molecular formula is C21H31N5O2. The van der Waals surface area contributed by atoms with E-state index in [0.29, 0.717) is 6.04 Å². The molecule has 1 fully saturated rings. The molecule has 1 unspecified atom stereocenters. The minimum atomic E-state index is 0.0968. The molecule has 0 bridgehead atoms. The van der Waals surface area contributed by atoms with E-state index >= 15 is 0 Å². The van der Waals surface area contributed by atoms with Gasteiger partial charge in [-0.2, -0.15) is 0 Å². The standard InChI is InChI=1S/C21H31N5O2/c1-15(2)28-21-16(7-5-9-18(21)27-4)12-23-13-17-8-6-10-26(17)20-11-19(22-3)24-14-25-20/h5,7,9,11,14-15,17,23H,6,8,10,12-13H2,1-4H3,(H,22,24,25). The first kappa shape index (κ1) is 20.2. The van der Waals surface area contributed by atoms with Gasteiger partial charge in [-0.15, -0.1) is 0 Å². The second kappa shape index (κ2) is 9.59. The van der Waals surface area contributed by atoms with E-state index in [4.69, 9.17) is 9.47 Å².